The number of rotatable bonds is 1. The van der Waals surface area contributed by atoms with Crippen LogP contribution in [0.1, 0.15) is 33.6 Å². The molecule has 2 aliphatic rings. The van der Waals surface area contributed by atoms with Crippen molar-refractivity contribution in [1.82, 2.24) is 4.90 Å². The van der Waals surface area contributed by atoms with E-state index in [-0.39, 0.29) is 23.2 Å². The van der Waals surface area contributed by atoms with Crippen molar-refractivity contribution in [2.24, 2.45) is 5.41 Å². The molecule has 0 spiro atoms. The number of fused-ring (bicyclic) bond motifs is 1. The maximum absolute atomic E-state index is 11.4. The first-order valence-corrected chi connectivity index (χ1v) is 5.27. The summed E-state index contributed by atoms with van der Waals surface area (Å²) in [7, 11) is 0. The van der Waals surface area contributed by atoms with Gasteiger partial charge in [0.2, 0.25) is 11.8 Å². The van der Waals surface area contributed by atoms with Gasteiger partial charge in [-0.15, -0.1) is 0 Å². The minimum Gasteiger partial charge on any atom is -0.449 e. The average Bonchev–Trinajstić information content (AvgIpc) is 2.34. The van der Waals surface area contributed by atoms with Gasteiger partial charge in [-0.05, 0) is 17.4 Å². The number of carbonyl (C=O) groups excluding carboxylic acids is 1. The van der Waals surface area contributed by atoms with Crippen molar-refractivity contribution in [3.63, 3.8) is 0 Å². The molecular weight excluding hydrogens is 210 g/mol. The highest BCUT2D eigenvalue weighted by Gasteiger charge is 2.49. The molecule has 0 saturated carbocycles. The Morgan fingerprint density at radius 2 is 2.06 bits per heavy atom. The zero-order valence-electron chi connectivity index (χ0n) is 9.61. The van der Waals surface area contributed by atoms with Gasteiger partial charge in [-0.25, -0.2) is 4.79 Å². The Hall–Kier alpha value is -1.52. The summed E-state index contributed by atoms with van der Waals surface area (Å²) in [5.74, 6) is 0.182. The van der Waals surface area contributed by atoms with Crippen LogP contribution in [0.4, 0.5) is 4.79 Å². The molecule has 88 valence electrons. The second-order valence-electron chi connectivity index (χ2n) is 5.23. The molecule has 2 aliphatic heterocycles. The summed E-state index contributed by atoms with van der Waals surface area (Å²) in [5.41, 5.74) is 0.730. The van der Waals surface area contributed by atoms with E-state index in [4.69, 9.17) is 9.84 Å². The molecule has 1 atom stereocenters. The summed E-state index contributed by atoms with van der Waals surface area (Å²) in [6.07, 6.45) is -0.152. The van der Waals surface area contributed by atoms with Crippen molar-refractivity contribution in [2.45, 2.75) is 39.7 Å². The predicted octanol–water partition coefficient (Wildman–Crippen LogP) is 1.94. The number of hydrogen-bond donors (Lipinski definition) is 1. The Morgan fingerprint density at radius 1 is 1.44 bits per heavy atom. The van der Waals surface area contributed by atoms with Gasteiger partial charge < -0.3 is 9.84 Å². The van der Waals surface area contributed by atoms with E-state index in [1.54, 1.807) is 0 Å². The van der Waals surface area contributed by atoms with Crippen molar-refractivity contribution in [3.05, 3.63) is 11.5 Å². The van der Waals surface area contributed by atoms with Crippen LogP contribution in [-0.4, -0.2) is 28.1 Å². The third-order valence-corrected chi connectivity index (χ3v) is 3.05. The van der Waals surface area contributed by atoms with Crippen LogP contribution >= 0.6 is 0 Å². The molecule has 0 aromatic carbocycles. The van der Waals surface area contributed by atoms with Crippen molar-refractivity contribution >= 4 is 12.1 Å². The monoisotopic (exact) mass is 225 g/mol. The Morgan fingerprint density at radius 3 is 2.50 bits per heavy atom. The highest BCUT2D eigenvalue weighted by atomic mass is 16.7. The SMILES string of the molecule is CC(C)(C)C1=C(OC(=O)O)N2C(=O)CC2C1. The molecule has 2 rings (SSSR count). The molecule has 5 nitrogen and oxygen atoms in total. The lowest BCUT2D eigenvalue weighted by Crippen LogP contribution is -2.48. The molecule has 0 radical (unpaired) electrons. The molecule has 16 heavy (non-hydrogen) atoms. The molecule has 1 amide bonds. The van der Waals surface area contributed by atoms with Gasteiger partial charge in [0.15, 0.2) is 0 Å². The lowest BCUT2D eigenvalue weighted by atomic mass is 9.84. The Kier molecular flexibility index (Phi) is 2.22. The number of amides is 1. The standard InChI is InChI=1S/C11H15NO4/c1-11(2,3)7-4-6-5-8(13)12(6)9(7)16-10(14)15/h6H,4-5H2,1-3H3,(H,14,15). The third kappa shape index (κ3) is 1.56. The van der Waals surface area contributed by atoms with E-state index in [2.05, 4.69) is 0 Å². The molecule has 0 aromatic heterocycles. The summed E-state index contributed by atoms with van der Waals surface area (Å²) < 4.78 is 4.76. The topological polar surface area (TPSA) is 66.8 Å². The molecular formula is C11H15NO4. The van der Waals surface area contributed by atoms with Gasteiger partial charge in [0, 0.05) is 6.42 Å². The third-order valence-electron chi connectivity index (χ3n) is 3.05. The summed E-state index contributed by atoms with van der Waals surface area (Å²) in [6, 6.07) is 0.107. The van der Waals surface area contributed by atoms with Crippen LogP contribution in [0.5, 0.6) is 0 Å². The highest BCUT2D eigenvalue weighted by molar-refractivity contribution is 5.86. The number of ether oxygens (including phenoxy) is 1. The number of β-lactam (4-membered cyclic amide) rings is 1. The average molecular weight is 225 g/mol. The Balaban J connectivity index is 2.35. The van der Waals surface area contributed by atoms with E-state index in [9.17, 15) is 9.59 Å². The van der Waals surface area contributed by atoms with Crippen LogP contribution in [0.2, 0.25) is 0 Å². The fourth-order valence-electron chi connectivity index (χ4n) is 2.21. The molecule has 1 fully saturated rings. The van der Waals surface area contributed by atoms with Crippen LogP contribution in [0.25, 0.3) is 0 Å². The van der Waals surface area contributed by atoms with Crippen molar-refractivity contribution in [1.29, 1.82) is 0 Å². The Bertz CT molecular complexity index is 391. The minimum absolute atomic E-state index is 0.0551. The smallest absolute Gasteiger partial charge is 0.449 e. The first-order valence-electron chi connectivity index (χ1n) is 5.27. The van der Waals surface area contributed by atoms with Gasteiger partial charge in [0.05, 0.1) is 6.04 Å². The summed E-state index contributed by atoms with van der Waals surface area (Å²) in [5, 5.41) is 8.68. The molecule has 1 unspecified atom stereocenters. The second-order valence-corrected chi connectivity index (χ2v) is 5.23. The number of nitrogens with zero attached hydrogens (tertiary/aromatic N) is 1. The predicted molar refractivity (Wildman–Crippen MR) is 55.5 cm³/mol. The van der Waals surface area contributed by atoms with Crippen LogP contribution in [0.15, 0.2) is 11.5 Å². The first-order chi connectivity index (χ1) is 7.30. The molecule has 0 aliphatic carbocycles. The zero-order valence-corrected chi connectivity index (χ0v) is 9.61. The molecule has 0 aromatic rings. The van der Waals surface area contributed by atoms with E-state index >= 15 is 0 Å². The van der Waals surface area contributed by atoms with Crippen LogP contribution < -0.4 is 0 Å². The van der Waals surface area contributed by atoms with Gasteiger partial charge in [0.25, 0.3) is 0 Å². The second kappa shape index (κ2) is 3.23. The van der Waals surface area contributed by atoms with E-state index in [1.807, 2.05) is 20.8 Å². The maximum Gasteiger partial charge on any atom is 0.512 e. The zero-order chi connectivity index (χ0) is 12.1. The van der Waals surface area contributed by atoms with Gasteiger partial charge in [0.1, 0.15) is 0 Å². The molecule has 0 bridgehead atoms. The van der Waals surface area contributed by atoms with E-state index < -0.39 is 6.16 Å². The van der Waals surface area contributed by atoms with Gasteiger partial charge in [-0.1, -0.05) is 20.8 Å². The van der Waals surface area contributed by atoms with Crippen LogP contribution in [0.3, 0.4) is 0 Å². The lowest BCUT2D eigenvalue weighted by Gasteiger charge is -2.34. The van der Waals surface area contributed by atoms with Crippen molar-refractivity contribution in [2.75, 3.05) is 0 Å². The van der Waals surface area contributed by atoms with Gasteiger partial charge >= 0.3 is 6.16 Å². The van der Waals surface area contributed by atoms with Gasteiger partial charge in [-0.2, -0.15) is 0 Å². The quantitative estimate of drug-likeness (QED) is 0.547. The van der Waals surface area contributed by atoms with E-state index in [0.29, 0.717) is 6.42 Å². The molecule has 5 heteroatoms. The van der Waals surface area contributed by atoms with E-state index in [0.717, 1.165) is 12.0 Å². The molecule has 2 heterocycles. The lowest BCUT2D eigenvalue weighted by molar-refractivity contribution is -0.144. The number of carboxylic acid groups (broad SMARTS) is 1. The van der Waals surface area contributed by atoms with E-state index in [1.165, 1.54) is 4.90 Å². The minimum atomic E-state index is -1.36. The van der Waals surface area contributed by atoms with Crippen molar-refractivity contribution in [3.8, 4) is 0 Å². The highest BCUT2D eigenvalue weighted by Crippen LogP contribution is 2.45. The fraction of sp³-hybridized carbons (Fsp3) is 0.636. The fourth-order valence-corrected chi connectivity index (χ4v) is 2.21. The molecule has 1 saturated heterocycles. The van der Waals surface area contributed by atoms with Gasteiger partial charge in [-0.3, -0.25) is 9.69 Å². The number of carbonyl (C=O) groups is 2. The maximum atomic E-state index is 11.4. The first kappa shape index (κ1) is 11.0. The summed E-state index contributed by atoms with van der Waals surface area (Å²) >= 11 is 0. The Labute approximate surface area is 93.7 Å². The largest absolute Gasteiger partial charge is 0.512 e. The normalized spacial score (nSPS) is 24.3. The number of hydrogen-bond acceptors (Lipinski definition) is 3. The van der Waals surface area contributed by atoms with Crippen LogP contribution in [0, 0.1) is 5.41 Å². The summed E-state index contributed by atoms with van der Waals surface area (Å²) in [6.45, 7) is 5.97. The van der Waals surface area contributed by atoms with Crippen molar-refractivity contribution < 1.29 is 19.4 Å². The van der Waals surface area contributed by atoms with Crippen LogP contribution in [-0.2, 0) is 9.53 Å². The summed E-state index contributed by atoms with van der Waals surface area (Å²) in [4.78, 5) is 23.5. The molecule has 1 N–H and O–H groups in total.